The third kappa shape index (κ3) is 4.47. The Kier molecular flexibility index (Phi) is 5.71. The predicted molar refractivity (Wildman–Crippen MR) is 92.1 cm³/mol. The molecule has 1 fully saturated rings. The average Bonchev–Trinajstić information content (AvgIpc) is 3.04. The minimum atomic E-state index is -0.399. The Balaban J connectivity index is 1.41. The van der Waals surface area contributed by atoms with Crippen molar-refractivity contribution in [1.29, 1.82) is 0 Å². The zero-order valence-corrected chi connectivity index (χ0v) is 14.5. The van der Waals surface area contributed by atoms with Gasteiger partial charge >= 0.3 is 5.97 Å². The van der Waals surface area contributed by atoms with E-state index in [9.17, 15) is 4.79 Å². The Bertz CT molecular complexity index is 615. The Morgan fingerprint density at radius 1 is 1.33 bits per heavy atom. The summed E-state index contributed by atoms with van der Waals surface area (Å²) in [5, 5.41) is 4.61. The van der Waals surface area contributed by atoms with E-state index in [-0.39, 0.29) is 6.10 Å². The van der Waals surface area contributed by atoms with Gasteiger partial charge in [-0.3, -0.25) is 9.80 Å². The van der Waals surface area contributed by atoms with E-state index in [0.717, 1.165) is 44.3 Å². The third-order valence-corrected chi connectivity index (χ3v) is 4.61. The van der Waals surface area contributed by atoms with Crippen molar-refractivity contribution in [2.45, 2.75) is 19.1 Å². The van der Waals surface area contributed by atoms with Crippen LogP contribution in [0.3, 0.4) is 0 Å². The molecule has 2 aliphatic rings. The highest BCUT2D eigenvalue weighted by Crippen LogP contribution is 2.16. The predicted octanol–water partition coefficient (Wildman–Crippen LogP) is 1.78. The van der Waals surface area contributed by atoms with Crippen molar-refractivity contribution in [1.82, 2.24) is 9.80 Å². The van der Waals surface area contributed by atoms with Gasteiger partial charge in [0.05, 0.1) is 7.11 Å². The number of esters is 1. The number of oxime groups is 1. The summed E-state index contributed by atoms with van der Waals surface area (Å²) in [5.41, 5.74) is 1.62. The Hall–Kier alpha value is -1.63. The maximum atomic E-state index is 11.4. The van der Waals surface area contributed by atoms with Crippen molar-refractivity contribution in [3.05, 3.63) is 34.9 Å². The lowest BCUT2D eigenvalue weighted by Crippen LogP contribution is -2.48. The molecule has 6 nitrogen and oxygen atoms in total. The summed E-state index contributed by atoms with van der Waals surface area (Å²) < 4.78 is 4.67. The number of benzene rings is 1. The van der Waals surface area contributed by atoms with Crippen molar-refractivity contribution < 1.29 is 14.4 Å². The SMILES string of the molecule is COC(=O)C1=NO[C@H](CN2CCN(Cc3cccc(Cl)c3)CC2)C1. The van der Waals surface area contributed by atoms with Crippen LogP contribution in [0.2, 0.25) is 5.02 Å². The van der Waals surface area contributed by atoms with E-state index in [0.29, 0.717) is 12.1 Å². The minimum Gasteiger partial charge on any atom is -0.464 e. The molecule has 0 aromatic heterocycles. The monoisotopic (exact) mass is 351 g/mol. The fourth-order valence-corrected chi connectivity index (χ4v) is 3.29. The van der Waals surface area contributed by atoms with Gasteiger partial charge in [0, 0.05) is 50.7 Å². The van der Waals surface area contributed by atoms with E-state index in [1.54, 1.807) is 0 Å². The summed E-state index contributed by atoms with van der Waals surface area (Å²) in [6, 6.07) is 8.02. The average molecular weight is 352 g/mol. The van der Waals surface area contributed by atoms with Crippen LogP contribution in [-0.4, -0.2) is 67.4 Å². The first-order valence-electron chi connectivity index (χ1n) is 8.14. The van der Waals surface area contributed by atoms with Crippen LogP contribution in [-0.2, 0) is 20.9 Å². The number of piperazine rings is 1. The smallest absolute Gasteiger partial charge is 0.355 e. The van der Waals surface area contributed by atoms with Gasteiger partial charge in [0.2, 0.25) is 0 Å². The standard InChI is InChI=1S/C17H22ClN3O3/c1-23-17(22)16-10-15(24-19-16)12-21-7-5-20(6-8-21)11-13-3-2-4-14(18)9-13/h2-4,9,15H,5-8,10-12H2,1H3/t15-/m0/s1. The molecule has 1 aromatic rings. The van der Waals surface area contributed by atoms with Crippen LogP contribution in [0, 0.1) is 0 Å². The zero-order chi connectivity index (χ0) is 16.9. The largest absolute Gasteiger partial charge is 0.464 e. The first-order chi connectivity index (χ1) is 11.6. The number of hydrogen-bond donors (Lipinski definition) is 0. The van der Waals surface area contributed by atoms with Gasteiger partial charge in [-0.2, -0.15) is 0 Å². The first kappa shape index (κ1) is 17.2. The number of carbonyl (C=O) groups is 1. The third-order valence-electron chi connectivity index (χ3n) is 4.38. The molecule has 7 heteroatoms. The van der Waals surface area contributed by atoms with E-state index in [4.69, 9.17) is 16.4 Å². The number of hydrogen-bond acceptors (Lipinski definition) is 6. The molecule has 0 aliphatic carbocycles. The summed E-state index contributed by atoms with van der Waals surface area (Å²) in [5.74, 6) is -0.399. The molecular formula is C17H22ClN3O3. The highest BCUT2D eigenvalue weighted by Gasteiger charge is 2.29. The van der Waals surface area contributed by atoms with E-state index in [1.807, 2.05) is 18.2 Å². The second kappa shape index (κ2) is 7.96. The van der Waals surface area contributed by atoms with Crippen LogP contribution >= 0.6 is 11.6 Å². The lowest BCUT2D eigenvalue weighted by Gasteiger charge is -2.35. The topological polar surface area (TPSA) is 54.4 Å². The van der Waals surface area contributed by atoms with E-state index >= 15 is 0 Å². The first-order valence-corrected chi connectivity index (χ1v) is 8.52. The number of rotatable bonds is 5. The fraction of sp³-hybridized carbons (Fsp3) is 0.529. The Morgan fingerprint density at radius 3 is 2.79 bits per heavy atom. The number of nitrogens with zero attached hydrogens (tertiary/aromatic N) is 3. The molecule has 0 spiro atoms. The molecule has 0 unspecified atom stereocenters. The summed E-state index contributed by atoms with van der Waals surface area (Å²) in [6.45, 7) is 5.68. The summed E-state index contributed by atoms with van der Waals surface area (Å²) >= 11 is 6.04. The van der Waals surface area contributed by atoms with Crippen molar-refractivity contribution in [2.24, 2.45) is 5.16 Å². The molecule has 1 aromatic carbocycles. The molecule has 0 saturated carbocycles. The maximum absolute atomic E-state index is 11.4. The molecule has 0 N–H and O–H groups in total. The normalized spacial score (nSPS) is 22.1. The number of methoxy groups -OCH3 is 1. The van der Waals surface area contributed by atoms with Crippen molar-refractivity contribution >= 4 is 23.3 Å². The number of halogens is 1. The van der Waals surface area contributed by atoms with Gasteiger partial charge in [-0.05, 0) is 17.7 Å². The van der Waals surface area contributed by atoms with Crippen LogP contribution in [0.5, 0.6) is 0 Å². The van der Waals surface area contributed by atoms with E-state index in [2.05, 4.69) is 25.8 Å². The Morgan fingerprint density at radius 2 is 2.08 bits per heavy atom. The van der Waals surface area contributed by atoms with E-state index < -0.39 is 5.97 Å². The zero-order valence-electron chi connectivity index (χ0n) is 13.8. The van der Waals surface area contributed by atoms with Gasteiger partial charge in [-0.1, -0.05) is 28.9 Å². The number of ether oxygens (including phenoxy) is 1. The minimum absolute atomic E-state index is 0.0569. The fourth-order valence-electron chi connectivity index (χ4n) is 3.08. The molecule has 130 valence electrons. The van der Waals surface area contributed by atoms with Crippen molar-refractivity contribution in [2.75, 3.05) is 39.8 Å². The highest BCUT2D eigenvalue weighted by molar-refractivity contribution is 6.36. The molecule has 0 bridgehead atoms. The second-order valence-electron chi connectivity index (χ2n) is 6.17. The summed E-state index contributed by atoms with van der Waals surface area (Å²) in [7, 11) is 1.36. The molecular weight excluding hydrogens is 330 g/mol. The molecule has 2 heterocycles. The van der Waals surface area contributed by atoms with Crippen LogP contribution in [0.15, 0.2) is 29.4 Å². The second-order valence-corrected chi connectivity index (χ2v) is 6.60. The van der Waals surface area contributed by atoms with Crippen molar-refractivity contribution in [3.63, 3.8) is 0 Å². The molecule has 3 rings (SSSR count). The van der Waals surface area contributed by atoms with Crippen LogP contribution in [0.4, 0.5) is 0 Å². The summed E-state index contributed by atoms with van der Waals surface area (Å²) in [6.07, 6.45) is 0.466. The lowest BCUT2D eigenvalue weighted by molar-refractivity contribution is -0.132. The van der Waals surface area contributed by atoms with Gasteiger partial charge in [-0.15, -0.1) is 0 Å². The molecule has 1 atom stereocenters. The maximum Gasteiger partial charge on any atom is 0.355 e. The molecule has 0 radical (unpaired) electrons. The van der Waals surface area contributed by atoms with Gasteiger partial charge in [0.1, 0.15) is 6.10 Å². The van der Waals surface area contributed by atoms with Gasteiger partial charge in [-0.25, -0.2) is 4.79 Å². The van der Waals surface area contributed by atoms with Crippen LogP contribution < -0.4 is 0 Å². The van der Waals surface area contributed by atoms with Gasteiger partial charge < -0.3 is 9.57 Å². The summed E-state index contributed by atoms with van der Waals surface area (Å²) in [4.78, 5) is 21.6. The highest BCUT2D eigenvalue weighted by atomic mass is 35.5. The number of carbonyl (C=O) groups excluding carboxylic acids is 1. The lowest BCUT2D eigenvalue weighted by atomic mass is 10.1. The molecule has 24 heavy (non-hydrogen) atoms. The van der Waals surface area contributed by atoms with Crippen LogP contribution in [0.1, 0.15) is 12.0 Å². The van der Waals surface area contributed by atoms with Crippen LogP contribution in [0.25, 0.3) is 0 Å². The van der Waals surface area contributed by atoms with Crippen molar-refractivity contribution in [3.8, 4) is 0 Å². The quantitative estimate of drug-likeness (QED) is 0.757. The molecule has 1 saturated heterocycles. The van der Waals surface area contributed by atoms with Gasteiger partial charge in [0.25, 0.3) is 0 Å². The molecule has 2 aliphatic heterocycles. The van der Waals surface area contributed by atoms with Gasteiger partial charge in [0.15, 0.2) is 5.71 Å². The Labute approximate surface area is 146 Å². The van der Waals surface area contributed by atoms with E-state index in [1.165, 1.54) is 12.7 Å². The molecule has 0 amide bonds.